The minimum absolute atomic E-state index is 0.943. The standard InChI is InChI=1S/C15H27N5/c1-3-7-16-14-13(4-2)15(19-12-18-14)17-8-11-20-9-5-6-10-20/h12H,3-11H2,1-2H3,(H2,16,17,18,19). The summed E-state index contributed by atoms with van der Waals surface area (Å²) in [6.45, 7) is 9.82. The highest BCUT2D eigenvalue weighted by molar-refractivity contribution is 5.57. The number of hydrogen-bond donors (Lipinski definition) is 2. The molecular weight excluding hydrogens is 250 g/mol. The van der Waals surface area contributed by atoms with Crippen molar-refractivity contribution in [3.8, 4) is 0 Å². The number of likely N-dealkylation sites (tertiary alicyclic amines) is 1. The Kier molecular flexibility index (Phi) is 6.05. The Bertz CT molecular complexity index is 401. The van der Waals surface area contributed by atoms with Crippen LogP contribution in [0.15, 0.2) is 6.33 Å². The Balaban J connectivity index is 1.91. The molecule has 1 aliphatic heterocycles. The van der Waals surface area contributed by atoms with E-state index in [1.807, 2.05) is 0 Å². The minimum atomic E-state index is 0.943. The molecule has 0 amide bonds. The quantitative estimate of drug-likeness (QED) is 0.764. The number of nitrogens with zero attached hydrogens (tertiary/aromatic N) is 3. The Hall–Kier alpha value is -1.36. The molecule has 0 bridgehead atoms. The van der Waals surface area contributed by atoms with E-state index in [0.29, 0.717) is 0 Å². The van der Waals surface area contributed by atoms with Gasteiger partial charge in [-0.2, -0.15) is 0 Å². The van der Waals surface area contributed by atoms with Crippen LogP contribution >= 0.6 is 0 Å². The van der Waals surface area contributed by atoms with E-state index < -0.39 is 0 Å². The van der Waals surface area contributed by atoms with Crippen LogP contribution < -0.4 is 10.6 Å². The SMILES string of the molecule is CCCNc1ncnc(NCCN2CCCC2)c1CC. The van der Waals surface area contributed by atoms with E-state index in [1.54, 1.807) is 6.33 Å². The van der Waals surface area contributed by atoms with Gasteiger partial charge in [0.25, 0.3) is 0 Å². The van der Waals surface area contributed by atoms with Crippen LogP contribution in [0.4, 0.5) is 11.6 Å². The van der Waals surface area contributed by atoms with Crippen LogP contribution in [-0.2, 0) is 6.42 Å². The van der Waals surface area contributed by atoms with Crippen molar-refractivity contribution in [3.63, 3.8) is 0 Å². The molecule has 0 atom stereocenters. The van der Waals surface area contributed by atoms with E-state index in [2.05, 4.69) is 39.3 Å². The van der Waals surface area contributed by atoms with Crippen molar-refractivity contribution in [1.29, 1.82) is 0 Å². The summed E-state index contributed by atoms with van der Waals surface area (Å²) in [6.07, 6.45) is 6.39. The molecule has 0 aliphatic carbocycles. The number of rotatable bonds is 8. The summed E-state index contributed by atoms with van der Waals surface area (Å²) in [5.41, 5.74) is 1.20. The fraction of sp³-hybridized carbons (Fsp3) is 0.733. The Morgan fingerprint density at radius 1 is 1.05 bits per heavy atom. The predicted octanol–water partition coefficient (Wildman–Crippen LogP) is 2.37. The van der Waals surface area contributed by atoms with E-state index in [0.717, 1.165) is 44.1 Å². The Morgan fingerprint density at radius 3 is 2.30 bits per heavy atom. The first-order chi connectivity index (χ1) is 9.85. The zero-order chi connectivity index (χ0) is 14.2. The van der Waals surface area contributed by atoms with Crippen LogP contribution in [0.5, 0.6) is 0 Å². The van der Waals surface area contributed by atoms with Crippen LogP contribution in [0, 0.1) is 0 Å². The summed E-state index contributed by atoms with van der Waals surface area (Å²) >= 11 is 0. The highest BCUT2D eigenvalue weighted by Gasteiger charge is 2.12. The fourth-order valence-electron chi connectivity index (χ4n) is 2.63. The Morgan fingerprint density at radius 2 is 1.70 bits per heavy atom. The maximum absolute atomic E-state index is 4.40. The molecule has 0 saturated carbocycles. The summed E-state index contributed by atoms with van der Waals surface area (Å²) in [7, 11) is 0. The molecule has 1 saturated heterocycles. The molecule has 112 valence electrons. The van der Waals surface area contributed by atoms with Crippen molar-refractivity contribution in [2.24, 2.45) is 0 Å². The van der Waals surface area contributed by atoms with E-state index in [1.165, 1.54) is 31.5 Å². The molecule has 2 heterocycles. The monoisotopic (exact) mass is 277 g/mol. The van der Waals surface area contributed by atoms with Gasteiger partial charge in [0.2, 0.25) is 0 Å². The zero-order valence-corrected chi connectivity index (χ0v) is 12.8. The molecule has 0 unspecified atom stereocenters. The maximum atomic E-state index is 4.40. The largest absolute Gasteiger partial charge is 0.370 e. The second-order valence-electron chi connectivity index (χ2n) is 5.31. The molecule has 2 rings (SSSR count). The Labute approximate surface area is 122 Å². The van der Waals surface area contributed by atoms with Gasteiger partial charge in [-0.05, 0) is 38.8 Å². The molecule has 1 aromatic heterocycles. The first-order valence-electron chi connectivity index (χ1n) is 7.89. The normalized spacial score (nSPS) is 15.5. The van der Waals surface area contributed by atoms with Crippen molar-refractivity contribution in [2.45, 2.75) is 39.5 Å². The lowest BCUT2D eigenvalue weighted by Crippen LogP contribution is -2.26. The molecule has 5 heteroatoms. The molecule has 20 heavy (non-hydrogen) atoms. The number of anilines is 2. The first kappa shape index (κ1) is 15.0. The third-order valence-corrected chi connectivity index (χ3v) is 3.76. The summed E-state index contributed by atoms with van der Waals surface area (Å²) in [4.78, 5) is 11.3. The average Bonchev–Trinajstić information content (AvgIpc) is 2.98. The summed E-state index contributed by atoms with van der Waals surface area (Å²) in [6, 6.07) is 0. The second kappa shape index (κ2) is 8.04. The number of hydrogen-bond acceptors (Lipinski definition) is 5. The van der Waals surface area contributed by atoms with Crippen molar-refractivity contribution in [1.82, 2.24) is 14.9 Å². The lowest BCUT2D eigenvalue weighted by atomic mass is 10.2. The highest BCUT2D eigenvalue weighted by atomic mass is 15.2. The van der Waals surface area contributed by atoms with Crippen molar-refractivity contribution in [3.05, 3.63) is 11.9 Å². The summed E-state index contributed by atoms with van der Waals surface area (Å²) in [5, 5.41) is 6.86. The third-order valence-electron chi connectivity index (χ3n) is 3.76. The van der Waals surface area contributed by atoms with Gasteiger partial charge in [0.1, 0.15) is 18.0 Å². The fourth-order valence-corrected chi connectivity index (χ4v) is 2.63. The van der Waals surface area contributed by atoms with Crippen LogP contribution in [0.1, 0.15) is 38.7 Å². The van der Waals surface area contributed by atoms with E-state index in [-0.39, 0.29) is 0 Å². The number of aromatic nitrogens is 2. The molecule has 2 N–H and O–H groups in total. The van der Waals surface area contributed by atoms with Gasteiger partial charge in [-0.15, -0.1) is 0 Å². The van der Waals surface area contributed by atoms with Gasteiger partial charge in [-0.1, -0.05) is 13.8 Å². The smallest absolute Gasteiger partial charge is 0.134 e. The van der Waals surface area contributed by atoms with Gasteiger partial charge >= 0.3 is 0 Å². The molecular formula is C15H27N5. The van der Waals surface area contributed by atoms with Crippen molar-refractivity contribution in [2.75, 3.05) is 43.4 Å². The van der Waals surface area contributed by atoms with E-state index >= 15 is 0 Å². The number of nitrogens with one attached hydrogen (secondary N) is 2. The van der Waals surface area contributed by atoms with Gasteiger partial charge in [0, 0.05) is 25.2 Å². The van der Waals surface area contributed by atoms with Crippen molar-refractivity contribution >= 4 is 11.6 Å². The van der Waals surface area contributed by atoms with E-state index in [4.69, 9.17) is 0 Å². The van der Waals surface area contributed by atoms with E-state index in [9.17, 15) is 0 Å². The maximum Gasteiger partial charge on any atom is 0.134 e. The summed E-state index contributed by atoms with van der Waals surface area (Å²) < 4.78 is 0. The first-order valence-corrected chi connectivity index (χ1v) is 7.89. The van der Waals surface area contributed by atoms with Crippen LogP contribution in [-0.4, -0.2) is 47.6 Å². The van der Waals surface area contributed by atoms with Gasteiger partial charge in [0.05, 0.1) is 0 Å². The van der Waals surface area contributed by atoms with Gasteiger partial charge in [-0.3, -0.25) is 0 Å². The lowest BCUT2D eigenvalue weighted by molar-refractivity contribution is 0.352. The lowest BCUT2D eigenvalue weighted by Gasteiger charge is -2.17. The third kappa shape index (κ3) is 4.07. The molecule has 1 aliphatic rings. The highest BCUT2D eigenvalue weighted by Crippen LogP contribution is 2.20. The van der Waals surface area contributed by atoms with Gasteiger partial charge in [-0.25, -0.2) is 9.97 Å². The molecule has 1 fully saturated rings. The molecule has 0 aromatic carbocycles. The van der Waals surface area contributed by atoms with Crippen molar-refractivity contribution < 1.29 is 0 Å². The van der Waals surface area contributed by atoms with Gasteiger partial charge in [0.15, 0.2) is 0 Å². The van der Waals surface area contributed by atoms with Crippen LogP contribution in [0.2, 0.25) is 0 Å². The predicted molar refractivity (Wildman–Crippen MR) is 84.4 cm³/mol. The second-order valence-corrected chi connectivity index (χ2v) is 5.31. The minimum Gasteiger partial charge on any atom is -0.370 e. The van der Waals surface area contributed by atoms with Crippen LogP contribution in [0.3, 0.4) is 0 Å². The molecule has 5 nitrogen and oxygen atoms in total. The van der Waals surface area contributed by atoms with Gasteiger partial charge < -0.3 is 15.5 Å². The molecule has 1 aromatic rings. The summed E-state index contributed by atoms with van der Waals surface area (Å²) in [5.74, 6) is 1.97. The molecule has 0 radical (unpaired) electrons. The molecule has 0 spiro atoms. The zero-order valence-electron chi connectivity index (χ0n) is 12.8. The average molecular weight is 277 g/mol. The topological polar surface area (TPSA) is 53.1 Å². The van der Waals surface area contributed by atoms with Crippen LogP contribution in [0.25, 0.3) is 0 Å².